The number of esters is 1. The highest BCUT2D eigenvalue weighted by atomic mass is 16.5. The van der Waals surface area contributed by atoms with E-state index in [1.165, 1.54) is 180 Å². The molecule has 3 N–H and O–H groups in total. The van der Waals surface area contributed by atoms with Crippen molar-refractivity contribution < 1.29 is 24.5 Å². The van der Waals surface area contributed by atoms with E-state index in [1.54, 1.807) is 0 Å². The number of hydrogen-bond donors (Lipinski definition) is 3. The van der Waals surface area contributed by atoms with Gasteiger partial charge in [0.2, 0.25) is 5.91 Å². The number of ether oxygens (including phenoxy) is 1. The van der Waals surface area contributed by atoms with Gasteiger partial charge in [0.1, 0.15) is 6.10 Å². The molecule has 3 atom stereocenters. The molecular weight excluding hydrogens is 791 g/mol. The summed E-state index contributed by atoms with van der Waals surface area (Å²) >= 11 is 0. The van der Waals surface area contributed by atoms with Gasteiger partial charge in [-0.3, -0.25) is 9.59 Å². The van der Waals surface area contributed by atoms with Gasteiger partial charge in [0.15, 0.2) is 0 Å². The number of carbonyl (C=O) groups is 2. The molecule has 0 radical (unpaired) electrons. The van der Waals surface area contributed by atoms with E-state index in [1.807, 2.05) is 36.5 Å². The SMILES string of the molecule is CC/C=C/C=C/C=C\C=C/CCCC(CC(=O)NC(CO)C(O)CCCCCCCCCCCCCCCCC)OC(=O)CCCCCCCCCCCCCCCCCCCCC. The van der Waals surface area contributed by atoms with E-state index < -0.39 is 18.2 Å². The molecule has 0 aliphatic carbocycles. The highest BCUT2D eigenvalue weighted by molar-refractivity contribution is 5.77. The van der Waals surface area contributed by atoms with Gasteiger partial charge < -0.3 is 20.3 Å². The molecule has 0 aromatic carbocycles. The number of rotatable bonds is 50. The molecule has 3 unspecified atom stereocenters. The number of hydrogen-bond acceptors (Lipinski definition) is 5. The number of nitrogens with one attached hydrogen (secondary N) is 1. The minimum absolute atomic E-state index is 0.0345. The fourth-order valence-corrected chi connectivity index (χ4v) is 8.57. The Morgan fingerprint density at radius 1 is 0.469 bits per heavy atom. The zero-order valence-electron chi connectivity index (χ0n) is 42.7. The lowest BCUT2D eigenvalue weighted by atomic mass is 10.0. The summed E-state index contributed by atoms with van der Waals surface area (Å²) in [7, 11) is 0. The Hall–Kier alpha value is -2.18. The van der Waals surface area contributed by atoms with Crippen molar-refractivity contribution in [3.05, 3.63) is 48.6 Å². The van der Waals surface area contributed by atoms with E-state index in [4.69, 9.17) is 4.74 Å². The van der Waals surface area contributed by atoms with Crippen LogP contribution in [0.1, 0.15) is 284 Å². The van der Waals surface area contributed by atoms with Crippen LogP contribution < -0.4 is 5.32 Å². The van der Waals surface area contributed by atoms with Gasteiger partial charge in [-0.2, -0.15) is 0 Å². The van der Waals surface area contributed by atoms with Crippen LogP contribution in [0.25, 0.3) is 0 Å². The van der Waals surface area contributed by atoms with Crippen molar-refractivity contribution in [3.63, 3.8) is 0 Å². The third-order valence-electron chi connectivity index (χ3n) is 12.8. The van der Waals surface area contributed by atoms with Crippen molar-refractivity contribution in [2.45, 2.75) is 302 Å². The lowest BCUT2D eigenvalue weighted by Gasteiger charge is -2.24. The predicted octanol–water partition coefficient (Wildman–Crippen LogP) is 17.0. The molecule has 0 saturated heterocycles. The molecule has 0 spiro atoms. The van der Waals surface area contributed by atoms with Gasteiger partial charge in [-0.25, -0.2) is 0 Å². The summed E-state index contributed by atoms with van der Waals surface area (Å²) in [5.41, 5.74) is 0. The quantitative estimate of drug-likeness (QED) is 0.0321. The Balaban J connectivity index is 4.48. The second-order valence-electron chi connectivity index (χ2n) is 19.1. The maximum atomic E-state index is 13.2. The lowest BCUT2D eigenvalue weighted by molar-refractivity contribution is -0.151. The number of aliphatic hydroxyl groups is 2. The molecule has 6 nitrogen and oxygen atoms in total. The van der Waals surface area contributed by atoms with Gasteiger partial charge in [0.05, 0.1) is 25.2 Å². The minimum atomic E-state index is -0.804. The summed E-state index contributed by atoms with van der Waals surface area (Å²) in [5, 5.41) is 23.8. The molecule has 1 amide bonds. The minimum Gasteiger partial charge on any atom is -0.462 e. The van der Waals surface area contributed by atoms with Crippen LogP contribution >= 0.6 is 0 Å². The number of allylic oxidation sites excluding steroid dienone is 8. The Bertz CT molecular complexity index is 1100. The summed E-state index contributed by atoms with van der Waals surface area (Å²) in [6.07, 6.45) is 63.4. The molecule has 6 heteroatoms. The first-order valence-electron chi connectivity index (χ1n) is 27.9. The molecule has 0 fully saturated rings. The van der Waals surface area contributed by atoms with Crippen LogP contribution in [-0.2, 0) is 14.3 Å². The van der Waals surface area contributed by atoms with E-state index in [2.05, 4.69) is 38.2 Å². The third kappa shape index (κ3) is 46.4. The van der Waals surface area contributed by atoms with Gasteiger partial charge in [-0.05, 0) is 38.5 Å². The summed E-state index contributed by atoms with van der Waals surface area (Å²) in [6.45, 7) is 6.35. The molecule has 374 valence electrons. The smallest absolute Gasteiger partial charge is 0.306 e. The average molecular weight is 898 g/mol. The second kappa shape index (κ2) is 51.8. The summed E-state index contributed by atoms with van der Waals surface area (Å²) in [5.74, 6) is -0.530. The topological polar surface area (TPSA) is 95.9 Å². The molecule has 64 heavy (non-hydrogen) atoms. The van der Waals surface area contributed by atoms with Crippen LogP contribution in [0.4, 0.5) is 0 Å². The molecule has 0 bridgehead atoms. The summed E-state index contributed by atoms with van der Waals surface area (Å²) < 4.78 is 5.91. The Morgan fingerprint density at radius 2 is 0.844 bits per heavy atom. The molecular formula is C58H107NO5. The van der Waals surface area contributed by atoms with E-state index in [0.29, 0.717) is 19.3 Å². The van der Waals surface area contributed by atoms with Crippen molar-refractivity contribution in [2.24, 2.45) is 0 Å². The monoisotopic (exact) mass is 898 g/mol. The number of carbonyl (C=O) groups excluding carboxylic acids is 2. The van der Waals surface area contributed by atoms with Gasteiger partial charge in [-0.15, -0.1) is 0 Å². The van der Waals surface area contributed by atoms with Gasteiger partial charge >= 0.3 is 5.97 Å². The lowest BCUT2D eigenvalue weighted by Crippen LogP contribution is -2.46. The largest absolute Gasteiger partial charge is 0.462 e. The molecule has 0 aromatic heterocycles. The second-order valence-corrected chi connectivity index (χ2v) is 19.1. The molecule has 0 rings (SSSR count). The van der Waals surface area contributed by atoms with Crippen LogP contribution in [0, 0.1) is 0 Å². The highest BCUT2D eigenvalue weighted by Crippen LogP contribution is 2.18. The van der Waals surface area contributed by atoms with E-state index >= 15 is 0 Å². The fourth-order valence-electron chi connectivity index (χ4n) is 8.57. The molecule has 0 aliphatic rings. The van der Waals surface area contributed by atoms with E-state index in [0.717, 1.165) is 57.8 Å². The van der Waals surface area contributed by atoms with Gasteiger partial charge in [0.25, 0.3) is 0 Å². The summed E-state index contributed by atoms with van der Waals surface area (Å²) in [6, 6.07) is -0.721. The highest BCUT2D eigenvalue weighted by Gasteiger charge is 2.24. The van der Waals surface area contributed by atoms with E-state index in [-0.39, 0.29) is 24.9 Å². The Labute approximate surface area is 397 Å². The van der Waals surface area contributed by atoms with Crippen LogP contribution in [0.5, 0.6) is 0 Å². The first-order valence-corrected chi connectivity index (χ1v) is 27.9. The predicted molar refractivity (Wildman–Crippen MR) is 278 cm³/mol. The zero-order valence-corrected chi connectivity index (χ0v) is 42.7. The van der Waals surface area contributed by atoms with Crippen molar-refractivity contribution in [1.29, 1.82) is 0 Å². The fraction of sp³-hybridized carbons (Fsp3) is 0.828. The molecule has 0 heterocycles. The first-order chi connectivity index (χ1) is 31.5. The zero-order chi connectivity index (χ0) is 46.7. The standard InChI is InChI=1S/C58H107NO5/c1-4-7-10-13-16-19-22-24-26-27-28-29-31-33-36-39-42-45-48-51-58(63)64-54(49-46-43-40-37-34-21-18-15-12-9-6-3)52-57(62)59-55(53-60)56(61)50-47-44-41-38-35-32-30-25-23-20-17-14-11-8-5-2/h9,12,15,18,21,34,37,40,54-56,60-61H,4-8,10-11,13-14,16-17,19-20,22-33,35-36,38-39,41-53H2,1-3H3,(H,59,62)/b12-9+,18-15+,34-21-,40-37-. The third-order valence-corrected chi connectivity index (χ3v) is 12.8. The van der Waals surface area contributed by atoms with Gasteiger partial charge in [0, 0.05) is 6.42 Å². The van der Waals surface area contributed by atoms with Crippen LogP contribution in [-0.4, -0.2) is 46.9 Å². The van der Waals surface area contributed by atoms with Crippen LogP contribution in [0.15, 0.2) is 48.6 Å². The molecule has 0 aliphatic heterocycles. The van der Waals surface area contributed by atoms with Gasteiger partial charge in [-0.1, -0.05) is 281 Å². The van der Waals surface area contributed by atoms with Crippen molar-refractivity contribution in [2.75, 3.05) is 6.61 Å². The average Bonchev–Trinajstić information content (AvgIpc) is 3.29. The Kier molecular flexibility index (Phi) is 50.0. The number of unbranched alkanes of at least 4 members (excludes halogenated alkanes) is 33. The maximum Gasteiger partial charge on any atom is 0.306 e. The first kappa shape index (κ1) is 61.8. The maximum absolute atomic E-state index is 13.2. The normalized spacial score (nSPS) is 13.5. The van der Waals surface area contributed by atoms with Crippen molar-refractivity contribution in [1.82, 2.24) is 5.32 Å². The summed E-state index contributed by atoms with van der Waals surface area (Å²) in [4.78, 5) is 26.2. The van der Waals surface area contributed by atoms with Crippen LogP contribution in [0.2, 0.25) is 0 Å². The number of aliphatic hydroxyl groups excluding tert-OH is 2. The molecule has 0 saturated carbocycles. The molecule has 0 aromatic rings. The van der Waals surface area contributed by atoms with Crippen molar-refractivity contribution >= 4 is 11.9 Å². The van der Waals surface area contributed by atoms with E-state index in [9.17, 15) is 19.8 Å². The Morgan fingerprint density at radius 3 is 1.25 bits per heavy atom. The van der Waals surface area contributed by atoms with Crippen LogP contribution in [0.3, 0.4) is 0 Å². The number of amides is 1. The van der Waals surface area contributed by atoms with Crippen molar-refractivity contribution in [3.8, 4) is 0 Å².